The lowest BCUT2D eigenvalue weighted by atomic mass is 9.95. The number of benzene rings is 1. The Labute approximate surface area is 185 Å². The molecule has 32 heavy (non-hydrogen) atoms. The number of hydrogen-bond donors (Lipinski definition) is 5. The molecule has 0 aliphatic carbocycles. The van der Waals surface area contributed by atoms with Gasteiger partial charge in [0, 0.05) is 18.4 Å². The van der Waals surface area contributed by atoms with Crippen molar-refractivity contribution in [2.75, 3.05) is 17.2 Å². The van der Waals surface area contributed by atoms with Gasteiger partial charge in [0.15, 0.2) is 6.17 Å². The lowest BCUT2D eigenvalue weighted by molar-refractivity contribution is -0.117. The van der Waals surface area contributed by atoms with Crippen LogP contribution in [0, 0.1) is 5.82 Å². The highest BCUT2D eigenvalue weighted by molar-refractivity contribution is 6.01. The summed E-state index contributed by atoms with van der Waals surface area (Å²) in [5, 5.41) is 22.9. The molecule has 166 valence electrons. The van der Waals surface area contributed by atoms with Crippen LogP contribution in [0.2, 0.25) is 0 Å². The summed E-state index contributed by atoms with van der Waals surface area (Å²) in [6, 6.07) is 11.2. The summed E-state index contributed by atoms with van der Waals surface area (Å²) in [6.07, 6.45) is 5.76. The predicted molar refractivity (Wildman–Crippen MR) is 121 cm³/mol. The van der Waals surface area contributed by atoms with Crippen LogP contribution in [0.5, 0.6) is 0 Å². The van der Waals surface area contributed by atoms with Gasteiger partial charge in [-0.2, -0.15) is 0 Å². The van der Waals surface area contributed by atoms with Crippen LogP contribution in [0.15, 0.2) is 71.4 Å². The highest BCUT2D eigenvalue weighted by Crippen LogP contribution is 2.26. The van der Waals surface area contributed by atoms with Crippen molar-refractivity contribution in [1.82, 2.24) is 15.6 Å². The molecule has 9 heteroatoms. The van der Waals surface area contributed by atoms with Gasteiger partial charge in [0.1, 0.15) is 17.2 Å². The van der Waals surface area contributed by atoms with E-state index in [1.165, 1.54) is 12.1 Å². The third-order valence-electron chi connectivity index (χ3n) is 5.22. The Morgan fingerprint density at radius 1 is 1.19 bits per heavy atom. The molecule has 0 saturated carbocycles. The number of anilines is 2. The Balaban J connectivity index is 1.64. The van der Waals surface area contributed by atoms with Gasteiger partial charge in [0.05, 0.1) is 11.3 Å². The first-order chi connectivity index (χ1) is 15.4. The minimum Gasteiger partial charge on any atom is -0.384 e. The molecule has 8 nitrogen and oxygen atoms in total. The number of aromatic nitrogens is 1. The van der Waals surface area contributed by atoms with Crippen molar-refractivity contribution in [3.63, 3.8) is 0 Å². The van der Waals surface area contributed by atoms with E-state index < -0.39 is 11.8 Å². The lowest BCUT2D eigenvalue weighted by Gasteiger charge is -2.26. The summed E-state index contributed by atoms with van der Waals surface area (Å²) in [5.41, 5.74) is 0.451. The van der Waals surface area contributed by atoms with Crippen molar-refractivity contribution < 1.29 is 14.3 Å². The molecule has 2 unspecified atom stereocenters. The molecule has 0 fully saturated rings. The van der Waals surface area contributed by atoms with E-state index in [1.807, 2.05) is 12.2 Å². The first-order valence-corrected chi connectivity index (χ1v) is 10.4. The van der Waals surface area contributed by atoms with E-state index >= 15 is 0 Å². The molecule has 2 bridgehead atoms. The van der Waals surface area contributed by atoms with Crippen LogP contribution in [0.1, 0.15) is 25.5 Å². The predicted octanol–water partition coefficient (Wildman–Crippen LogP) is 2.59. The van der Waals surface area contributed by atoms with Crippen LogP contribution in [0.25, 0.3) is 0 Å². The summed E-state index contributed by atoms with van der Waals surface area (Å²) in [7, 11) is 0. The monoisotopic (exact) mass is 436 g/mol. The molecule has 4 rings (SSSR count). The molecule has 1 aromatic carbocycles. The summed E-state index contributed by atoms with van der Waals surface area (Å²) in [5.74, 6) is 0.252. The van der Waals surface area contributed by atoms with Gasteiger partial charge in [0.2, 0.25) is 5.96 Å². The third-order valence-corrected chi connectivity index (χ3v) is 5.22. The van der Waals surface area contributed by atoms with Crippen LogP contribution in [0.3, 0.4) is 0 Å². The number of aliphatic imine (C=N–C) groups is 1. The molecular formula is C23H25FN6O2. The van der Waals surface area contributed by atoms with Crippen LogP contribution in [-0.2, 0) is 10.4 Å². The number of hydrogen-bond acceptors (Lipinski definition) is 7. The minimum atomic E-state index is -1.10. The number of carbonyl (C=O) groups is 1. The quantitative estimate of drug-likeness (QED) is 0.440. The van der Waals surface area contributed by atoms with Crippen molar-refractivity contribution in [1.29, 1.82) is 0 Å². The van der Waals surface area contributed by atoms with Crippen molar-refractivity contribution in [3.8, 4) is 0 Å². The third kappa shape index (κ3) is 5.12. The van der Waals surface area contributed by atoms with E-state index in [0.29, 0.717) is 48.1 Å². The highest BCUT2D eigenvalue weighted by atomic mass is 19.1. The molecule has 0 spiro atoms. The number of nitrogens with one attached hydrogen (secondary N) is 4. The number of guanidine groups is 1. The maximum absolute atomic E-state index is 13.2. The maximum atomic E-state index is 13.2. The molecule has 0 radical (unpaired) electrons. The summed E-state index contributed by atoms with van der Waals surface area (Å²) >= 11 is 0. The Morgan fingerprint density at radius 3 is 2.81 bits per heavy atom. The number of nitrogens with zero attached hydrogens (tertiary/aromatic N) is 2. The molecule has 0 saturated heterocycles. The van der Waals surface area contributed by atoms with Gasteiger partial charge in [-0.1, -0.05) is 18.2 Å². The molecule has 2 atom stereocenters. The highest BCUT2D eigenvalue weighted by Gasteiger charge is 2.27. The first-order valence-electron chi connectivity index (χ1n) is 10.4. The number of pyridine rings is 1. The van der Waals surface area contributed by atoms with E-state index in [4.69, 9.17) is 0 Å². The summed E-state index contributed by atoms with van der Waals surface area (Å²) in [6.45, 7) is 2.10. The van der Waals surface area contributed by atoms with E-state index in [1.54, 1.807) is 43.5 Å². The molecule has 5 N–H and O–H groups in total. The number of halogens is 1. The van der Waals surface area contributed by atoms with Crippen molar-refractivity contribution in [2.45, 2.75) is 31.5 Å². The van der Waals surface area contributed by atoms with Gasteiger partial charge in [0.25, 0.3) is 5.91 Å². The Bertz CT molecular complexity index is 1080. The average molecular weight is 436 g/mol. The molecule has 1 aromatic heterocycles. The second kappa shape index (κ2) is 9.19. The zero-order valence-corrected chi connectivity index (χ0v) is 17.6. The van der Waals surface area contributed by atoms with E-state index in [-0.39, 0.29) is 11.7 Å². The van der Waals surface area contributed by atoms with E-state index in [0.717, 1.165) is 0 Å². The summed E-state index contributed by atoms with van der Waals surface area (Å²) in [4.78, 5) is 21.9. The van der Waals surface area contributed by atoms with E-state index in [2.05, 4.69) is 31.2 Å². The zero-order valence-electron chi connectivity index (χ0n) is 17.6. The SMILES string of the molecule is CC1(O)CC/C=C\CNC(=O)C2=CNC(Nc3ccc(F)cc3)=NC2Nc2cccc1n2. The fraction of sp³-hybridized carbons (Fsp3) is 0.261. The topological polar surface area (TPSA) is 111 Å². The summed E-state index contributed by atoms with van der Waals surface area (Å²) < 4.78 is 13.2. The van der Waals surface area contributed by atoms with Crippen molar-refractivity contribution in [2.24, 2.45) is 4.99 Å². The molecule has 2 aromatic rings. The van der Waals surface area contributed by atoms with Gasteiger partial charge < -0.3 is 26.4 Å². The Kier molecular flexibility index (Phi) is 6.18. The molecule has 3 heterocycles. The molecule has 1 amide bonds. The Hall–Kier alpha value is -3.72. The van der Waals surface area contributed by atoms with Gasteiger partial charge in [-0.3, -0.25) is 4.79 Å². The standard InChI is InChI=1S/C23H25FN6O2/c1-23(32)12-3-2-4-13-25-21(31)17-14-26-22(27-16-10-8-15(24)9-11-16)30-20(17)29-19-7-5-6-18(23)28-19/h2,4-11,14,20,32H,3,12-13H2,1H3,(H,25,31)(H,28,29)(H2,26,27,30)/b4-2-. The van der Waals surface area contributed by atoms with Gasteiger partial charge in [-0.15, -0.1) is 0 Å². The Morgan fingerprint density at radius 2 is 2.00 bits per heavy atom. The largest absolute Gasteiger partial charge is 0.384 e. The first kappa shape index (κ1) is 21.5. The molecule has 2 aliphatic heterocycles. The van der Waals surface area contributed by atoms with Crippen LogP contribution < -0.4 is 21.3 Å². The fourth-order valence-electron chi connectivity index (χ4n) is 3.40. The van der Waals surface area contributed by atoms with Crippen LogP contribution in [-0.4, -0.2) is 34.7 Å². The lowest BCUT2D eigenvalue weighted by Crippen LogP contribution is -2.41. The number of aliphatic hydroxyl groups is 1. The fourth-order valence-corrected chi connectivity index (χ4v) is 3.40. The van der Waals surface area contributed by atoms with Crippen molar-refractivity contribution in [3.05, 3.63) is 77.9 Å². The number of allylic oxidation sites excluding steroid dienone is 1. The van der Waals surface area contributed by atoms with Gasteiger partial charge in [-0.25, -0.2) is 14.4 Å². The smallest absolute Gasteiger partial charge is 0.253 e. The number of rotatable bonds is 1. The number of carbonyl (C=O) groups excluding carboxylic acids is 1. The second-order valence-electron chi connectivity index (χ2n) is 7.80. The average Bonchev–Trinajstić information content (AvgIpc) is 2.77. The van der Waals surface area contributed by atoms with Crippen LogP contribution in [0.4, 0.5) is 15.9 Å². The second-order valence-corrected chi connectivity index (χ2v) is 7.80. The van der Waals surface area contributed by atoms with Crippen molar-refractivity contribution >= 4 is 23.4 Å². The zero-order chi connectivity index (χ0) is 22.6. The number of amides is 1. The van der Waals surface area contributed by atoms with Gasteiger partial charge >= 0.3 is 0 Å². The number of fused-ring (bicyclic) bond motifs is 3. The normalized spacial score (nSPS) is 24.3. The molecule has 2 aliphatic rings. The minimum absolute atomic E-state index is 0.274. The van der Waals surface area contributed by atoms with Crippen LogP contribution >= 0.6 is 0 Å². The molecular weight excluding hydrogens is 411 g/mol. The van der Waals surface area contributed by atoms with Gasteiger partial charge in [-0.05, 0) is 56.2 Å². The van der Waals surface area contributed by atoms with E-state index in [9.17, 15) is 14.3 Å². The maximum Gasteiger partial charge on any atom is 0.253 e.